The van der Waals surface area contributed by atoms with Crippen LogP contribution in [0, 0.1) is 5.82 Å². The SMILES string of the molecule is CCc1ccc([C@H](NCC(=O)NCC(N)=O)c2cccc(F)c2)cc1. The standard InChI is InChI=1S/C19H22FN3O2/c1-2-13-6-8-14(9-7-13)19(15-4-3-5-16(20)10-15)23-12-18(25)22-11-17(21)24/h3-10,19,23H,2,11-12H2,1H3,(H2,21,24)(H,22,25)/t19-/m0/s1. The second-order valence-corrected chi connectivity index (χ2v) is 5.71. The minimum Gasteiger partial charge on any atom is -0.368 e. The Hall–Kier alpha value is -2.73. The summed E-state index contributed by atoms with van der Waals surface area (Å²) in [4.78, 5) is 22.6. The molecule has 0 aromatic heterocycles. The number of amides is 2. The van der Waals surface area contributed by atoms with Gasteiger partial charge in [-0.3, -0.25) is 14.9 Å². The molecule has 2 amide bonds. The second kappa shape index (κ2) is 8.94. The van der Waals surface area contributed by atoms with Gasteiger partial charge >= 0.3 is 0 Å². The molecule has 1 atom stereocenters. The van der Waals surface area contributed by atoms with E-state index < -0.39 is 5.91 Å². The van der Waals surface area contributed by atoms with Crippen molar-refractivity contribution in [1.82, 2.24) is 10.6 Å². The van der Waals surface area contributed by atoms with Crippen LogP contribution in [-0.2, 0) is 16.0 Å². The highest BCUT2D eigenvalue weighted by Crippen LogP contribution is 2.23. The molecule has 2 aromatic rings. The van der Waals surface area contributed by atoms with Crippen molar-refractivity contribution in [2.75, 3.05) is 13.1 Å². The van der Waals surface area contributed by atoms with Gasteiger partial charge in [-0.15, -0.1) is 0 Å². The Bertz CT molecular complexity index is 732. The summed E-state index contributed by atoms with van der Waals surface area (Å²) >= 11 is 0. The zero-order chi connectivity index (χ0) is 18.2. The van der Waals surface area contributed by atoms with E-state index in [0.717, 1.165) is 12.0 Å². The first kappa shape index (κ1) is 18.6. The molecule has 5 nitrogen and oxygen atoms in total. The molecule has 0 bridgehead atoms. The van der Waals surface area contributed by atoms with Crippen LogP contribution in [0.5, 0.6) is 0 Å². The average molecular weight is 343 g/mol. The maximum atomic E-state index is 13.6. The van der Waals surface area contributed by atoms with E-state index in [1.165, 1.54) is 17.7 Å². The Labute approximate surface area is 146 Å². The summed E-state index contributed by atoms with van der Waals surface area (Å²) in [5, 5.41) is 5.53. The molecule has 0 spiro atoms. The zero-order valence-electron chi connectivity index (χ0n) is 14.1. The molecule has 0 heterocycles. The summed E-state index contributed by atoms with van der Waals surface area (Å²) in [6.45, 7) is 1.83. The first-order valence-electron chi connectivity index (χ1n) is 8.12. The van der Waals surface area contributed by atoms with Gasteiger partial charge in [-0.25, -0.2) is 4.39 Å². The number of hydrogen-bond acceptors (Lipinski definition) is 3. The Morgan fingerprint density at radius 1 is 1.08 bits per heavy atom. The van der Waals surface area contributed by atoms with Gasteiger partial charge in [-0.05, 0) is 35.2 Å². The molecule has 0 aliphatic carbocycles. The third-order valence-electron chi connectivity index (χ3n) is 3.83. The maximum Gasteiger partial charge on any atom is 0.236 e. The van der Waals surface area contributed by atoms with Gasteiger partial charge in [-0.1, -0.05) is 43.3 Å². The molecule has 2 rings (SSSR count). The molecule has 0 saturated heterocycles. The number of primary amides is 1. The van der Waals surface area contributed by atoms with Crippen LogP contribution in [-0.4, -0.2) is 24.9 Å². The van der Waals surface area contributed by atoms with Gasteiger partial charge in [0.05, 0.1) is 19.1 Å². The fourth-order valence-corrected chi connectivity index (χ4v) is 2.50. The van der Waals surface area contributed by atoms with E-state index in [1.807, 2.05) is 24.3 Å². The minimum atomic E-state index is -0.606. The van der Waals surface area contributed by atoms with Crippen LogP contribution in [0.3, 0.4) is 0 Å². The van der Waals surface area contributed by atoms with Crippen LogP contribution in [0.15, 0.2) is 48.5 Å². The molecular formula is C19H22FN3O2. The first-order valence-corrected chi connectivity index (χ1v) is 8.12. The van der Waals surface area contributed by atoms with Gasteiger partial charge in [-0.2, -0.15) is 0 Å². The molecule has 0 fully saturated rings. The lowest BCUT2D eigenvalue weighted by atomic mass is 9.97. The van der Waals surface area contributed by atoms with Gasteiger partial charge in [0.1, 0.15) is 5.82 Å². The number of halogens is 1. The van der Waals surface area contributed by atoms with Crippen molar-refractivity contribution in [2.45, 2.75) is 19.4 Å². The van der Waals surface area contributed by atoms with Crippen molar-refractivity contribution < 1.29 is 14.0 Å². The van der Waals surface area contributed by atoms with E-state index in [4.69, 9.17) is 5.73 Å². The third kappa shape index (κ3) is 5.69. The summed E-state index contributed by atoms with van der Waals surface area (Å²) in [5.41, 5.74) is 7.84. The number of nitrogens with one attached hydrogen (secondary N) is 2. The lowest BCUT2D eigenvalue weighted by molar-refractivity contribution is -0.124. The highest BCUT2D eigenvalue weighted by Gasteiger charge is 2.16. The summed E-state index contributed by atoms with van der Waals surface area (Å²) in [5.74, 6) is -1.30. The normalized spacial score (nSPS) is 11.8. The molecule has 0 aliphatic rings. The Morgan fingerprint density at radius 3 is 2.40 bits per heavy atom. The fourth-order valence-electron chi connectivity index (χ4n) is 2.50. The van der Waals surface area contributed by atoms with E-state index in [0.29, 0.717) is 5.56 Å². The number of nitrogens with two attached hydrogens (primary N) is 1. The second-order valence-electron chi connectivity index (χ2n) is 5.71. The molecule has 0 aliphatic heterocycles. The van der Waals surface area contributed by atoms with Gasteiger partial charge in [0, 0.05) is 0 Å². The maximum absolute atomic E-state index is 13.6. The molecule has 6 heteroatoms. The number of carbonyl (C=O) groups excluding carboxylic acids is 2. The minimum absolute atomic E-state index is 0.0238. The van der Waals surface area contributed by atoms with Crippen molar-refractivity contribution in [2.24, 2.45) is 5.73 Å². The number of rotatable bonds is 8. The molecule has 132 valence electrons. The van der Waals surface area contributed by atoms with Gasteiger partial charge in [0.2, 0.25) is 11.8 Å². The van der Waals surface area contributed by atoms with Crippen molar-refractivity contribution >= 4 is 11.8 Å². The van der Waals surface area contributed by atoms with Crippen LogP contribution in [0.25, 0.3) is 0 Å². The van der Waals surface area contributed by atoms with Crippen LogP contribution in [0.1, 0.15) is 29.7 Å². The van der Waals surface area contributed by atoms with E-state index in [1.54, 1.807) is 12.1 Å². The zero-order valence-corrected chi connectivity index (χ0v) is 14.1. The van der Waals surface area contributed by atoms with Gasteiger partial charge in [0.15, 0.2) is 0 Å². The topological polar surface area (TPSA) is 84.2 Å². The smallest absolute Gasteiger partial charge is 0.236 e. The lowest BCUT2D eigenvalue weighted by Gasteiger charge is -2.20. The van der Waals surface area contributed by atoms with Crippen molar-refractivity contribution in [3.05, 3.63) is 71.0 Å². The fraction of sp³-hybridized carbons (Fsp3) is 0.263. The quantitative estimate of drug-likeness (QED) is 0.682. The Morgan fingerprint density at radius 2 is 1.80 bits per heavy atom. The highest BCUT2D eigenvalue weighted by molar-refractivity contribution is 5.84. The van der Waals surface area contributed by atoms with Crippen LogP contribution < -0.4 is 16.4 Å². The molecular weight excluding hydrogens is 321 g/mol. The van der Waals surface area contributed by atoms with Crippen molar-refractivity contribution in [3.63, 3.8) is 0 Å². The Kier molecular flexibility index (Phi) is 6.65. The van der Waals surface area contributed by atoms with Gasteiger partial charge < -0.3 is 11.1 Å². The van der Waals surface area contributed by atoms with E-state index in [9.17, 15) is 14.0 Å². The summed E-state index contributed by atoms with van der Waals surface area (Å²) < 4.78 is 13.6. The molecule has 2 aromatic carbocycles. The van der Waals surface area contributed by atoms with E-state index in [2.05, 4.69) is 17.6 Å². The van der Waals surface area contributed by atoms with E-state index >= 15 is 0 Å². The van der Waals surface area contributed by atoms with Crippen LogP contribution in [0.4, 0.5) is 4.39 Å². The predicted octanol–water partition coefficient (Wildman–Crippen LogP) is 1.67. The Balaban J connectivity index is 2.17. The number of aryl methyl sites for hydroxylation is 1. The highest BCUT2D eigenvalue weighted by atomic mass is 19.1. The lowest BCUT2D eigenvalue weighted by Crippen LogP contribution is -2.40. The molecule has 0 radical (unpaired) electrons. The third-order valence-corrected chi connectivity index (χ3v) is 3.83. The summed E-state index contributed by atoms with van der Waals surface area (Å²) in [7, 11) is 0. The van der Waals surface area contributed by atoms with Crippen molar-refractivity contribution in [3.8, 4) is 0 Å². The molecule has 0 saturated carbocycles. The van der Waals surface area contributed by atoms with Gasteiger partial charge in [0.25, 0.3) is 0 Å². The summed E-state index contributed by atoms with van der Waals surface area (Å²) in [6, 6.07) is 13.8. The number of carbonyl (C=O) groups is 2. The average Bonchev–Trinajstić information content (AvgIpc) is 2.61. The van der Waals surface area contributed by atoms with Crippen LogP contribution in [0.2, 0.25) is 0 Å². The molecule has 4 N–H and O–H groups in total. The number of benzene rings is 2. The predicted molar refractivity (Wildman–Crippen MR) is 94.3 cm³/mol. The first-order chi connectivity index (χ1) is 12.0. The molecule has 0 unspecified atom stereocenters. The molecule has 25 heavy (non-hydrogen) atoms. The summed E-state index contributed by atoms with van der Waals surface area (Å²) in [6.07, 6.45) is 0.924. The van der Waals surface area contributed by atoms with E-state index in [-0.39, 0.29) is 30.9 Å². The monoisotopic (exact) mass is 343 g/mol. The van der Waals surface area contributed by atoms with Crippen LogP contribution >= 0.6 is 0 Å². The van der Waals surface area contributed by atoms with Crippen molar-refractivity contribution in [1.29, 1.82) is 0 Å². The largest absolute Gasteiger partial charge is 0.368 e. The number of hydrogen-bond donors (Lipinski definition) is 3.